The molecular formula is C7H6N2O4S. The number of imidazole rings is 1. The van der Waals surface area contributed by atoms with E-state index in [-0.39, 0.29) is 11.3 Å². The van der Waals surface area contributed by atoms with Gasteiger partial charge in [0.15, 0.2) is 0 Å². The molecule has 0 aliphatic heterocycles. The van der Waals surface area contributed by atoms with Crippen LogP contribution in [0.4, 0.5) is 0 Å². The second-order valence-electron chi connectivity index (χ2n) is 2.69. The molecule has 0 saturated carbocycles. The van der Waals surface area contributed by atoms with E-state index in [2.05, 4.69) is 4.98 Å². The van der Waals surface area contributed by atoms with Crippen LogP contribution in [0.1, 0.15) is 0 Å². The van der Waals surface area contributed by atoms with Gasteiger partial charge >= 0.3 is 10.3 Å². The van der Waals surface area contributed by atoms with Gasteiger partial charge in [0.1, 0.15) is 12.1 Å². The maximum atomic E-state index is 10.8. The Hall–Kier alpha value is -1.60. The summed E-state index contributed by atoms with van der Waals surface area (Å²) in [5.74, 6) is -0.0157. The standard InChI is InChI=1S/C7H6N2O4S/c10-5-1-2-7-6(3-5)8-4-9(7)14(11,12)13/h1-4,10H,(H,11,12,13). The molecule has 0 saturated heterocycles. The van der Waals surface area contributed by atoms with Crippen molar-refractivity contribution in [2.75, 3.05) is 0 Å². The Bertz CT molecular complexity index is 587. The van der Waals surface area contributed by atoms with Crippen LogP contribution in [-0.4, -0.2) is 27.0 Å². The van der Waals surface area contributed by atoms with Crippen LogP contribution < -0.4 is 0 Å². The minimum absolute atomic E-state index is 0.0157. The first-order valence-corrected chi connectivity index (χ1v) is 5.02. The Labute approximate surface area is 79.3 Å². The summed E-state index contributed by atoms with van der Waals surface area (Å²) in [5, 5.41) is 9.08. The summed E-state index contributed by atoms with van der Waals surface area (Å²) in [5.41, 5.74) is 0.507. The van der Waals surface area contributed by atoms with Gasteiger partial charge in [-0.05, 0) is 12.1 Å². The maximum absolute atomic E-state index is 10.8. The monoisotopic (exact) mass is 214 g/mol. The maximum Gasteiger partial charge on any atom is 0.365 e. The first-order chi connectivity index (χ1) is 6.48. The minimum atomic E-state index is -4.33. The first-order valence-electron chi connectivity index (χ1n) is 3.62. The van der Waals surface area contributed by atoms with E-state index in [0.717, 1.165) is 6.33 Å². The van der Waals surface area contributed by atoms with Gasteiger partial charge in [0, 0.05) is 6.07 Å². The molecule has 0 radical (unpaired) electrons. The van der Waals surface area contributed by atoms with Gasteiger partial charge in [-0.1, -0.05) is 0 Å². The molecule has 7 heteroatoms. The number of rotatable bonds is 1. The molecule has 2 rings (SSSR count). The molecule has 0 aliphatic rings. The average molecular weight is 214 g/mol. The summed E-state index contributed by atoms with van der Waals surface area (Å²) in [6.07, 6.45) is 0.972. The van der Waals surface area contributed by atoms with Gasteiger partial charge in [0.2, 0.25) is 0 Å². The summed E-state index contributed by atoms with van der Waals surface area (Å²) in [7, 11) is -4.33. The van der Waals surface area contributed by atoms with Crippen LogP contribution >= 0.6 is 0 Å². The minimum Gasteiger partial charge on any atom is -0.508 e. The highest BCUT2D eigenvalue weighted by molar-refractivity contribution is 7.84. The number of phenolic OH excluding ortho intramolecular Hbond substituents is 1. The van der Waals surface area contributed by atoms with Crippen LogP contribution in [0.25, 0.3) is 11.0 Å². The van der Waals surface area contributed by atoms with E-state index < -0.39 is 10.3 Å². The molecule has 2 aromatic rings. The zero-order valence-electron chi connectivity index (χ0n) is 6.82. The summed E-state index contributed by atoms with van der Waals surface area (Å²) in [6.45, 7) is 0. The molecule has 6 nitrogen and oxygen atoms in total. The van der Waals surface area contributed by atoms with Crippen LogP contribution in [0, 0.1) is 0 Å². The second kappa shape index (κ2) is 2.69. The van der Waals surface area contributed by atoms with Crippen molar-refractivity contribution >= 4 is 21.3 Å². The molecule has 0 atom stereocenters. The number of phenols is 1. The number of aromatic hydroxyl groups is 1. The molecule has 0 fully saturated rings. The van der Waals surface area contributed by atoms with Crippen LogP contribution in [0.15, 0.2) is 24.5 Å². The third-order valence-corrected chi connectivity index (χ3v) is 2.53. The van der Waals surface area contributed by atoms with Gasteiger partial charge in [-0.25, -0.2) is 8.96 Å². The van der Waals surface area contributed by atoms with E-state index in [0.29, 0.717) is 9.49 Å². The fraction of sp³-hybridized carbons (Fsp3) is 0. The van der Waals surface area contributed by atoms with Gasteiger partial charge < -0.3 is 5.11 Å². The van der Waals surface area contributed by atoms with Crippen molar-refractivity contribution in [1.29, 1.82) is 0 Å². The van der Waals surface area contributed by atoms with Gasteiger partial charge in [-0.3, -0.25) is 4.55 Å². The van der Waals surface area contributed by atoms with Crippen molar-refractivity contribution in [1.82, 2.24) is 8.96 Å². The Morgan fingerprint density at radius 2 is 2.07 bits per heavy atom. The molecule has 2 N–H and O–H groups in total. The zero-order chi connectivity index (χ0) is 10.3. The number of hydrogen-bond donors (Lipinski definition) is 2. The Morgan fingerprint density at radius 1 is 1.36 bits per heavy atom. The molecule has 1 aromatic carbocycles. The smallest absolute Gasteiger partial charge is 0.365 e. The molecule has 0 unspecified atom stereocenters. The van der Waals surface area contributed by atoms with E-state index in [4.69, 9.17) is 9.66 Å². The molecular weight excluding hydrogens is 208 g/mol. The summed E-state index contributed by atoms with van der Waals surface area (Å²) in [4.78, 5) is 3.71. The lowest BCUT2D eigenvalue weighted by Crippen LogP contribution is -2.08. The first kappa shape index (κ1) is 8.97. The zero-order valence-corrected chi connectivity index (χ0v) is 7.64. The van der Waals surface area contributed by atoms with E-state index in [1.54, 1.807) is 0 Å². The molecule has 14 heavy (non-hydrogen) atoms. The highest BCUT2D eigenvalue weighted by atomic mass is 32.2. The summed E-state index contributed by atoms with van der Waals surface area (Å²) in [6, 6.07) is 3.97. The van der Waals surface area contributed by atoms with Crippen LogP contribution in [0.5, 0.6) is 5.75 Å². The van der Waals surface area contributed by atoms with Gasteiger partial charge in [0.25, 0.3) is 0 Å². The Morgan fingerprint density at radius 3 is 2.71 bits per heavy atom. The van der Waals surface area contributed by atoms with Crippen LogP contribution in [-0.2, 0) is 10.3 Å². The van der Waals surface area contributed by atoms with Gasteiger partial charge in [-0.2, -0.15) is 8.42 Å². The second-order valence-corrected chi connectivity index (χ2v) is 3.98. The number of benzene rings is 1. The average Bonchev–Trinajstić information content (AvgIpc) is 2.45. The van der Waals surface area contributed by atoms with Crippen LogP contribution in [0.2, 0.25) is 0 Å². The van der Waals surface area contributed by atoms with E-state index in [1.165, 1.54) is 18.2 Å². The van der Waals surface area contributed by atoms with Crippen molar-refractivity contribution in [3.8, 4) is 5.75 Å². The molecule has 1 heterocycles. The largest absolute Gasteiger partial charge is 0.508 e. The molecule has 0 spiro atoms. The molecule has 74 valence electrons. The summed E-state index contributed by atoms with van der Waals surface area (Å²) >= 11 is 0. The Balaban J connectivity index is 2.83. The van der Waals surface area contributed by atoms with Crippen molar-refractivity contribution in [3.05, 3.63) is 24.5 Å². The van der Waals surface area contributed by atoms with E-state index in [9.17, 15) is 8.42 Å². The number of nitrogens with zero attached hydrogens (tertiary/aromatic N) is 2. The Kier molecular flexibility index (Phi) is 1.73. The van der Waals surface area contributed by atoms with E-state index in [1.807, 2.05) is 0 Å². The topological polar surface area (TPSA) is 92.4 Å². The third-order valence-electron chi connectivity index (χ3n) is 1.75. The highest BCUT2D eigenvalue weighted by Crippen LogP contribution is 2.19. The summed E-state index contributed by atoms with van der Waals surface area (Å²) < 4.78 is 31.0. The van der Waals surface area contributed by atoms with Crippen LogP contribution in [0.3, 0.4) is 0 Å². The van der Waals surface area contributed by atoms with Crippen molar-refractivity contribution < 1.29 is 18.1 Å². The quantitative estimate of drug-likeness (QED) is 0.670. The molecule has 0 amide bonds. The number of fused-ring (bicyclic) bond motifs is 1. The highest BCUT2D eigenvalue weighted by Gasteiger charge is 2.12. The SMILES string of the molecule is O=S(=O)(O)n1cnc2cc(O)ccc21. The number of hydrogen-bond acceptors (Lipinski definition) is 4. The van der Waals surface area contributed by atoms with Crippen molar-refractivity contribution in [2.45, 2.75) is 0 Å². The normalized spacial score (nSPS) is 12.1. The predicted molar refractivity (Wildman–Crippen MR) is 48.3 cm³/mol. The molecule has 1 aromatic heterocycles. The number of aromatic nitrogens is 2. The fourth-order valence-electron chi connectivity index (χ4n) is 1.16. The molecule has 0 aliphatic carbocycles. The predicted octanol–water partition coefficient (Wildman–Crippen LogP) is 0.393. The van der Waals surface area contributed by atoms with Gasteiger partial charge in [0.05, 0.1) is 11.0 Å². The fourth-order valence-corrected chi connectivity index (χ4v) is 1.73. The lowest BCUT2D eigenvalue weighted by Gasteiger charge is -1.97. The lowest BCUT2D eigenvalue weighted by atomic mass is 10.3. The lowest BCUT2D eigenvalue weighted by molar-refractivity contribution is 0.472. The van der Waals surface area contributed by atoms with Gasteiger partial charge in [-0.15, -0.1) is 0 Å². The molecule has 0 bridgehead atoms. The third kappa shape index (κ3) is 1.32. The van der Waals surface area contributed by atoms with Crippen molar-refractivity contribution in [3.63, 3.8) is 0 Å². The van der Waals surface area contributed by atoms with Crippen molar-refractivity contribution in [2.24, 2.45) is 0 Å². The van der Waals surface area contributed by atoms with E-state index >= 15 is 0 Å².